The van der Waals surface area contributed by atoms with E-state index in [-0.39, 0.29) is 11.3 Å². The van der Waals surface area contributed by atoms with Crippen molar-refractivity contribution in [1.82, 2.24) is 0 Å². The van der Waals surface area contributed by atoms with Gasteiger partial charge in [0.05, 0.1) is 17.7 Å². The number of aliphatic hydroxyl groups is 1. The number of methoxy groups -OCH3 is 1. The molecule has 6 nitrogen and oxygen atoms in total. The largest absolute Gasteiger partial charge is 0.496 e. The minimum atomic E-state index is -1.37. The minimum Gasteiger partial charge on any atom is -0.496 e. The van der Waals surface area contributed by atoms with Gasteiger partial charge in [0.2, 0.25) is 0 Å². The molecule has 0 saturated heterocycles. The van der Waals surface area contributed by atoms with E-state index in [2.05, 4.69) is 0 Å². The highest BCUT2D eigenvalue weighted by molar-refractivity contribution is 6.43. The molecule has 2 aromatic rings. The fourth-order valence-electron chi connectivity index (χ4n) is 3.17. The molecule has 0 aliphatic heterocycles. The van der Waals surface area contributed by atoms with Crippen LogP contribution in [0.2, 0.25) is 5.02 Å². The van der Waals surface area contributed by atoms with Crippen LogP contribution in [0.15, 0.2) is 30.3 Å². The number of hydrogen-bond acceptors (Lipinski definition) is 5. The lowest BCUT2D eigenvalue weighted by Crippen LogP contribution is -2.33. The van der Waals surface area contributed by atoms with E-state index in [1.54, 1.807) is 18.2 Å². The standard InChI is InChI=1S/C19H19ClN2O4.C2H6/c1-26-16-7-10(3-4-13(16)19(25)5-2-6-19)11-8-12(17(22)18(23)24)15(21)9-14(11)20;1-2/h3-4,7-9,22,25H,2,5-6,21H2,1H3,(H,23,24);1-2H3. The molecule has 5 N–H and O–H groups in total. The number of carboxylic acids is 1. The van der Waals surface area contributed by atoms with Gasteiger partial charge in [-0.05, 0) is 43.0 Å². The summed E-state index contributed by atoms with van der Waals surface area (Å²) in [4.78, 5) is 11.1. The van der Waals surface area contributed by atoms with Gasteiger partial charge < -0.3 is 20.7 Å². The van der Waals surface area contributed by atoms with Gasteiger partial charge in [-0.2, -0.15) is 0 Å². The molecule has 0 aromatic heterocycles. The molecule has 0 spiro atoms. The zero-order valence-corrected chi connectivity index (χ0v) is 16.9. The van der Waals surface area contributed by atoms with Crippen LogP contribution in [0.5, 0.6) is 5.75 Å². The van der Waals surface area contributed by atoms with Gasteiger partial charge in [0.1, 0.15) is 11.5 Å². The van der Waals surface area contributed by atoms with E-state index in [4.69, 9.17) is 32.6 Å². The first-order valence-corrected chi connectivity index (χ1v) is 9.47. The first kappa shape index (κ1) is 21.7. The number of halogens is 1. The van der Waals surface area contributed by atoms with E-state index >= 15 is 0 Å². The van der Waals surface area contributed by atoms with Gasteiger partial charge in [-0.25, -0.2) is 4.79 Å². The zero-order valence-electron chi connectivity index (χ0n) is 16.2. The van der Waals surface area contributed by atoms with E-state index in [1.165, 1.54) is 19.2 Å². The van der Waals surface area contributed by atoms with Crippen molar-refractivity contribution < 1.29 is 19.7 Å². The summed E-state index contributed by atoms with van der Waals surface area (Å²) in [6.45, 7) is 4.00. The summed E-state index contributed by atoms with van der Waals surface area (Å²) in [5.41, 5.74) is 6.50. The van der Waals surface area contributed by atoms with Crippen molar-refractivity contribution in [2.24, 2.45) is 0 Å². The summed E-state index contributed by atoms with van der Waals surface area (Å²) in [5.74, 6) is -0.836. The number of carbonyl (C=O) groups is 1. The highest BCUT2D eigenvalue weighted by Gasteiger charge is 2.38. The van der Waals surface area contributed by atoms with Crippen LogP contribution in [-0.2, 0) is 10.4 Å². The molecule has 2 aromatic carbocycles. The molecule has 1 aliphatic carbocycles. The number of ether oxygens (including phenoxy) is 1. The lowest BCUT2D eigenvalue weighted by Gasteiger charge is -2.38. The normalized spacial score (nSPS) is 14.3. The Bertz CT molecular complexity index is 908. The molecule has 0 atom stereocenters. The van der Waals surface area contributed by atoms with Crippen molar-refractivity contribution in [1.29, 1.82) is 5.41 Å². The van der Waals surface area contributed by atoms with Crippen molar-refractivity contribution in [3.8, 4) is 16.9 Å². The highest BCUT2D eigenvalue weighted by atomic mass is 35.5. The Morgan fingerprint density at radius 1 is 1.25 bits per heavy atom. The second-order valence-corrected chi connectivity index (χ2v) is 6.81. The third-order valence-electron chi connectivity index (χ3n) is 4.82. The second-order valence-electron chi connectivity index (χ2n) is 6.40. The Balaban J connectivity index is 0.00000136. The lowest BCUT2D eigenvalue weighted by molar-refractivity contribution is -0.129. The van der Waals surface area contributed by atoms with Gasteiger partial charge in [0.15, 0.2) is 0 Å². The van der Waals surface area contributed by atoms with Gasteiger partial charge in [-0.15, -0.1) is 0 Å². The number of benzene rings is 2. The number of aliphatic carboxylic acids is 1. The Morgan fingerprint density at radius 2 is 1.89 bits per heavy atom. The van der Waals surface area contributed by atoms with Crippen molar-refractivity contribution in [2.75, 3.05) is 12.8 Å². The fraction of sp³-hybridized carbons (Fsp3) is 0.333. The van der Waals surface area contributed by atoms with E-state index in [9.17, 15) is 9.90 Å². The molecule has 3 rings (SSSR count). The Morgan fingerprint density at radius 3 is 2.39 bits per heavy atom. The maximum absolute atomic E-state index is 11.1. The zero-order chi connectivity index (χ0) is 21.1. The molecule has 0 bridgehead atoms. The predicted octanol–water partition coefficient (Wildman–Crippen LogP) is 4.45. The van der Waals surface area contributed by atoms with Crippen LogP contribution in [0.3, 0.4) is 0 Å². The smallest absolute Gasteiger partial charge is 0.354 e. The summed E-state index contributed by atoms with van der Waals surface area (Å²) in [5, 5.41) is 27.7. The molecule has 0 amide bonds. The van der Waals surface area contributed by atoms with Crippen LogP contribution in [0.1, 0.15) is 44.2 Å². The van der Waals surface area contributed by atoms with Gasteiger partial charge >= 0.3 is 5.97 Å². The van der Waals surface area contributed by atoms with Crippen LogP contribution < -0.4 is 10.5 Å². The number of anilines is 1. The van der Waals surface area contributed by atoms with Gasteiger partial charge in [-0.1, -0.05) is 37.6 Å². The first-order chi connectivity index (χ1) is 13.3. The van der Waals surface area contributed by atoms with Crippen LogP contribution in [0.25, 0.3) is 11.1 Å². The Hall–Kier alpha value is -2.57. The molecule has 1 aliphatic rings. The average Bonchev–Trinajstić information content (AvgIpc) is 2.66. The summed E-state index contributed by atoms with van der Waals surface area (Å²) >= 11 is 6.30. The van der Waals surface area contributed by atoms with E-state index in [0.29, 0.717) is 34.7 Å². The van der Waals surface area contributed by atoms with Crippen molar-refractivity contribution in [2.45, 2.75) is 38.7 Å². The minimum absolute atomic E-state index is 0.0950. The maximum Gasteiger partial charge on any atom is 0.354 e. The molecule has 0 unspecified atom stereocenters. The third-order valence-corrected chi connectivity index (χ3v) is 5.13. The van der Waals surface area contributed by atoms with E-state index in [1.807, 2.05) is 13.8 Å². The van der Waals surface area contributed by atoms with Crippen LogP contribution in [-0.4, -0.2) is 29.0 Å². The summed E-state index contributed by atoms with van der Waals surface area (Å²) in [7, 11) is 1.53. The van der Waals surface area contributed by atoms with Gasteiger partial charge in [-0.3, -0.25) is 5.41 Å². The molecule has 7 heteroatoms. The molecule has 28 heavy (non-hydrogen) atoms. The van der Waals surface area contributed by atoms with Crippen LogP contribution in [0, 0.1) is 5.41 Å². The topological polar surface area (TPSA) is 117 Å². The molecule has 150 valence electrons. The molecule has 0 radical (unpaired) electrons. The fourth-order valence-corrected chi connectivity index (χ4v) is 3.45. The molecule has 0 heterocycles. The summed E-state index contributed by atoms with van der Waals surface area (Å²) in [6, 6.07) is 8.25. The van der Waals surface area contributed by atoms with Crippen LogP contribution in [0.4, 0.5) is 5.69 Å². The van der Waals surface area contributed by atoms with Crippen molar-refractivity contribution in [3.05, 3.63) is 46.5 Å². The first-order valence-electron chi connectivity index (χ1n) is 9.09. The third kappa shape index (κ3) is 3.98. The lowest BCUT2D eigenvalue weighted by atomic mass is 9.74. The Labute approximate surface area is 169 Å². The summed E-state index contributed by atoms with van der Waals surface area (Å²) in [6.07, 6.45) is 2.34. The average molecular weight is 405 g/mol. The van der Waals surface area contributed by atoms with Crippen molar-refractivity contribution in [3.63, 3.8) is 0 Å². The molecular formula is C21H25ClN2O4. The number of rotatable bonds is 5. The van der Waals surface area contributed by atoms with E-state index in [0.717, 1.165) is 12.0 Å². The second kappa shape index (κ2) is 8.63. The monoisotopic (exact) mass is 404 g/mol. The molecular weight excluding hydrogens is 380 g/mol. The number of nitrogen functional groups attached to an aromatic ring is 1. The van der Waals surface area contributed by atoms with E-state index < -0.39 is 17.3 Å². The quantitative estimate of drug-likeness (QED) is 0.434. The SMILES string of the molecule is CC.COc1cc(-c2cc(C(=N)C(=O)O)c(N)cc2Cl)ccc1C1(O)CCC1. The number of nitrogens with two attached hydrogens (primary N) is 1. The predicted molar refractivity (Wildman–Crippen MR) is 111 cm³/mol. The molecule has 1 fully saturated rings. The molecule has 1 saturated carbocycles. The summed E-state index contributed by atoms with van der Waals surface area (Å²) < 4.78 is 5.44. The van der Waals surface area contributed by atoms with Gasteiger partial charge in [0.25, 0.3) is 0 Å². The van der Waals surface area contributed by atoms with Crippen LogP contribution >= 0.6 is 11.6 Å². The maximum atomic E-state index is 11.1. The van der Waals surface area contributed by atoms with Gasteiger partial charge in [0, 0.05) is 22.4 Å². The number of nitrogens with one attached hydrogen (secondary N) is 1. The van der Waals surface area contributed by atoms with Crippen molar-refractivity contribution >= 4 is 29.0 Å². The highest BCUT2D eigenvalue weighted by Crippen LogP contribution is 2.46. The number of carboxylic acid groups (broad SMARTS) is 1. The Kier molecular flexibility index (Phi) is 6.69. The number of hydrogen-bond donors (Lipinski definition) is 4.